The Bertz CT molecular complexity index is 2760. The van der Waals surface area contributed by atoms with E-state index in [0.717, 1.165) is 0 Å². The monoisotopic (exact) mass is 607 g/mol. The topological polar surface area (TPSA) is 4.93 Å². The molecule has 3 heteroatoms. The van der Waals surface area contributed by atoms with E-state index < -0.39 is 0 Å². The third-order valence-electron chi connectivity index (χ3n) is 9.21. The number of benzene rings is 7. The number of aromatic nitrogens is 1. The summed E-state index contributed by atoms with van der Waals surface area (Å²) in [6, 6.07) is 55.8. The smallest absolute Gasteiger partial charge is 0.0541 e. The van der Waals surface area contributed by atoms with Crippen LogP contribution in [0.5, 0.6) is 0 Å². The van der Waals surface area contributed by atoms with E-state index in [0.29, 0.717) is 0 Å². The Morgan fingerprint density at radius 2 is 1.09 bits per heavy atom. The molecular formula is C42H25NS2. The first-order valence-corrected chi connectivity index (χ1v) is 16.9. The lowest BCUT2D eigenvalue weighted by Crippen LogP contribution is -1.93. The maximum absolute atomic E-state index is 2.43. The van der Waals surface area contributed by atoms with E-state index >= 15 is 0 Å². The first-order chi connectivity index (χ1) is 22.3. The normalized spacial score (nSPS) is 12.0. The standard InChI is InChI=1S/C42H25NS2/c1-2-10-26(11-3-1)27-20-22-37-34(24-27)29-12-4-6-17-36(29)43(37)28-21-23-39-35(25-28)32-16-8-15-31(42(32)45-39)30-14-9-19-40-41(30)33-13-5-7-18-38(33)44-40/h1-25H. The maximum atomic E-state index is 2.43. The van der Waals surface area contributed by atoms with Crippen LogP contribution in [0.15, 0.2) is 152 Å². The number of hydrogen-bond acceptors (Lipinski definition) is 2. The molecule has 0 aliphatic rings. The Hall–Kier alpha value is -5.22. The second-order valence-electron chi connectivity index (χ2n) is 11.7. The molecule has 3 aromatic heterocycles. The number of nitrogens with zero attached hydrogens (tertiary/aromatic N) is 1. The van der Waals surface area contributed by atoms with Crippen molar-refractivity contribution in [3.8, 4) is 27.9 Å². The summed E-state index contributed by atoms with van der Waals surface area (Å²) in [6.45, 7) is 0. The van der Waals surface area contributed by atoms with Crippen LogP contribution in [-0.2, 0) is 0 Å². The average Bonchev–Trinajstić information content (AvgIpc) is 3.77. The molecule has 210 valence electrons. The molecule has 0 bridgehead atoms. The number of fused-ring (bicyclic) bond motifs is 9. The van der Waals surface area contributed by atoms with Gasteiger partial charge in [0, 0.05) is 62.4 Å². The van der Waals surface area contributed by atoms with Gasteiger partial charge in [0.25, 0.3) is 0 Å². The molecule has 0 amide bonds. The molecular weight excluding hydrogens is 583 g/mol. The van der Waals surface area contributed by atoms with Gasteiger partial charge >= 0.3 is 0 Å². The predicted octanol–water partition coefficient (Wildman–Crippen LogP) is 12.9. The molecule has 0 saturated heterocycles. The molecule has 7 aromatic carbocycles. The maximum Gasteiger partial charge on any atom is 0.0541 e. The molecule has 0 saturated carbocycles. The molecule has 45 heavy (non-hydrogen) atoms. The summed E-state index contributed by atoms with van der Waals surface area (Å²) in [4.78, 5) is 0. The number of rotatable bonds is 3. The molecule has 0 radical (unpaired) electrons. The molecule has 3 heterocycles. The first kappa shape index (κ1) is 25.1. The minimum absolute atomic E-state index is 1.19. The van der Waals surface area contributed by atoms with Crippen molar-refractivity contribution in [2.45, 2.75) is 0 Å². The second kappa shape index (κ2) is 9.64. The van der Waals surface area contributed by atoms with Gasteiger partial charge in [-0.05, 0) is 65.2 Å². The van der Waals surface area contributed by atoms with Gasteiger partial charge < -0.3 is 4.57 Å². The minimum atomic E-state index is 1.19. The van der Waals surface area contributed by atoms with Crippen molar-refractivity contribution in [3.05, 3.63) is 152 Å². The quantitative estimate of drug-likeness (QED) is 0.188. The molecule has 1 nitrogen and oxygen atoms in total. The fourth-order valence-electron chi connectivity index (χ4n) is 7.20. The van der Waals surface area contributed by atoms with Gasteiger partial charge in [-0.15, -0.1) is 22.7 Å². The Balaban J connectivity index is 1.20. The van der Waals surface area contributed by atoms with E-state index in [-0.39, 0.29) is 0 Å². The molecule has 10 aromatic rings. The van der Waals surface area contributed by atoms with Crippen molar-refractivity contribution in [2.75, 3.05) is 0 Å². The fraction of sp³-hybridized carbons (Fsp3) is 0. The van der Waals surface area contributed by atoms with Gasteiger partial charge in [-0.25, -0.2) is 0 Å². The summed E-state index contributed by atoms with van der Waals surface area (Å²) in [6.07, 6.45) is 0. The molecule has 0 unspecified atom stereocenters. The third kappa shape index (κ3) is 3.72. The van der Waals surface area contributed by atoms with Crippen LogP contribution >= 0.6 is 22.7 Å². The first-order valence-electron chi connectivity index (χ1n) is 15.3. The zero-order chi connectivity index (χ0) is 29.5. The second-order valence-corrected chi connectivity index (χ2v) is 13.8. The van der Waals surface area contributed by atoms with Gasteiger partial charge in [-0.2, -0.15) is 0 Å². The summed E-state index contributed by atoms with van der Waals surface area (Å²) in [7, 11) is 0. The molecule has 10 rings (SSSR count). The Morgan fingerprint density at radius 1 is 0.378 bits per heavy atom. The van der Waals surface area contributed by atoms with E-state index in [1.54, 1.807) is 0 Å². The van der Waals surface area contributed by atoms with Gasteiger partial charge in [0.05, 0.1) is 11.0 Å². The highest BCUT2D eigenvalue weighted by Gasteiger charge is 2.17. The zero-order valence-electron chi connectivity index (χ0n) is 24.2. The highest BCUT2D eigenvalue weighted by Crippen LogP contribution is 2.46. The summed E-state index contributed by atoms with van der Waals surface area (Å²) in [5, 5.41) is 7.89. The van der Waals surface area contributed by atoms with Crippen LogP contribution in [0.3, 0.4) is 0 Å². The van der Waals surface area contributed by atoms with E-state index in [2.05, 4.69) is 156 Å². The fourth-order valence-corrected chi connectivity index (χ4v) is 9.54. The summed E-state index contributed by atoms with van der Waals surface area (Å²) >= 11 is 3.79. The van der Waals surface area contributed by atoms with Crippen LogP contribution < -0.4 is 0 Å². The number of hydrogen-bond donors (Lipinski definition) is 0. The van der Waals surface area contributed by atoms with Crippen LogP contribution in [0, 0.1) is 0 Å². The molecule has 0 spiro atoms. The number of thiophene rings is 2. The molecule has 0 aliphatic heterocycles. The zero-order valence-corrected chi connectivity index (χ0v) is 25.8. The Labute approximate surface area is 267 Å². The van der Waals surface area contributed by atoms with E-state index in [9.17, 15) is 0 Å². The highest BCUT2D eigenvalue weighted by molar-refractivity contribution is 7.26. The van der Waals surface area contributed by atoms with Gasteiger partial charge in [0.2, 0.25) is 0 Å². The van der Waals surface area contributed by atoms with Crippen LogP contribution in [0.1, 0.15) is 0 Å². The van der Waals surface area contributed by atoms with Gasteiger partial charge in [0.1, 0.15) is 0 Å². The van der Waals surface area contributed by atoms with Crippen molar-refractivity contribution < 1.29 is 0 Å². The van der Waals surface area contributed by atoms with Crippen molar-refractivity contribution in [3.63, 3.8) is 0 Å². The van der Waals surface area contributed by atoms with Gasteiger partial charge in [-0.3, -0.25) is 0 Å². The molecule has 0 aliphatic carbocycles. The summed E-state index contributed by atoms with van der Waals surface area (Å²) in [5.74, 6) is 0. The van der Waals surface area contributed by atoms with Gasteiger partial charge in [-0.1, -0.05) is 103 Å². The largest absolute Gasteiger partial charge is 0.309 e. The van der Waals surface area contributed by atoms with E-state index in [4.69, 9.17) is 0 Å². The SMILES string of the molecule is c1ccc(-c2ccc3c(c2)c2ccccc2n3-c2ccc3sc4c(-c5cccc6sc7ccccc7c56)cccc4c3c2)cc1. The summed E-state index contributed by atoms with van der Waals surface area (Å²) in [5.41, 5.74) is 8.76. The van der Waals surface area contributed by atoms with Crippen molar-refractivity contribution in [2.24, 2.45) is 0 Å². The molecule has 0 atom stereocenters. The third-order valence-corrected chi connectivity index (χ3v) is 11.6. The van der Waals surface area contributed by atoms with E-state index in [1.807, 2.05) is 22.7 Å². The lowest BCUT2D eigenvalue weighted by molar-refractivity contribution is 1.19. The lowest BCUT2D eigenvalue weighted by Gasteiger charge is -2.09. The summed E-state index contributed by atoms with van der Waals surface area (Å²) < 4.78 is 7.79. The van der Waals surface area contributed by atoms with Crippen LogP contribution in [0.2, 0.25) is 0 Å². The highest BCUT2D eigenvalue weighted by atomic mass is 32.1. The van der Waals surface area contributed by atoms with Crippen LogP contribution in [0.4, 0.5) is 0 Å². The minimum Gasteiger partial charge on any atom is -0.309 e. The Morgan fingerprint density at radius 3 is 2.02 bits per heavy atom. The van der Waals surface area contributed by atoms with Crippen molar-refractivity contribution >= 4 is 84.8 Å². The Kier molecular flexibility index (Phi) is 5.39. The van der Waals surface area contributed by atoms with Crippen LogP contribution in [0.25, 0.3) is 90.1 Å². The van der Waals surface area contributed by atoms with Crippen molar-refractivity contribution in [1.82, 2.24) is 4.57 Å². The average molecular weight is 608 g/mol. The van der Waals surface area contributed by atoms with Gasteiger partial charge in [0.15, 0.2) is 0 Å². The number of para-hydroxylation sites is 1. The van der Waals surface area contributed by atoms with Crippen LogP contribution in [-0.4, -0.2) is 4.57 Å². The van der Waals surface area contributed by atoms with Crippen molar-refractivity contribution in [1.29, 1.82) is 0 Å². The lowest BCUT2D eigenvalue weighted by atomic mass is 9.98. The molecule has 0 N–H and O–H groups in total. The molecule has 0 fully saturated rings. The predicted molar refractivity (Wildman–Crippen MR) is 197 cm³/mol. The van der Waals surface area contributed by atoms with E-state index in [1.165, 1.54) is 90.1 Å².